The Hall–Kier alpha value is -5.53. The fraction of sp³-hybridized carbons (Fsp3) is 0.488. The van der Waals surface area contributed by atoms with E-state index in [4.69, 9.17) is 9.47 Å². The first-order valence-corrected chi connectivity index (χ1v) is 18.4. The molecule has 0 fully saturated rings. The number of amides is 4. The van der Waals surface area contributed by atoms with Gasteiger partial charge in [-0.25, -0.2) is 9.59 Å². The largest absolute Gasteiger partial charge is 0.458 e. The highest BCUT2D eigenvalue weighted by molar-refractivity contribution is 6.01. The number of benzene rings is 2. The van der Waals surface area contributed by atoms with Crippen molar-refractivity contribution < 1.29 is 38.2 Å². The van der Waals surface area contributed by atoms with Crippen LogP contribution in [0.15, 0.2) is 66.7 Å². The Morgan fingerprint density at radius 2 is 0.982 bits per heavy atom. The normalized spacial score (nSPS) is 13.9. The molecule has 0 aliphatic rings. The molecule has 0 aliphatic heterocycles. The van der Waals surface area contributed by atoms with Gasteiger partial charge in [0.25, 0.3) is 11.8 Å². The van der Waals surface area contributed by atoms with E-state index in [0.29, 0.717) is 0 Å². The number of hydrogen-bond donors (Lipinski definition) is 5. The zero-order chi connectivity index (χ0) is 41.1. The molecule has 0 saturated carbocycles. The van der Waals surface area contributed by atoms with Gasteiger partial charge in [-0.15, -0.1) is 0 Å². The second kappa shape index (κ2) is 19.2. The van der Waals surface area contributed by atoms with Crippen LogP contribution in [-0.4, -0.2) is 81.1 Å². The lowest BCUT2D eigenvalue weighted by Gasteiger charge is -2.28. The van der Waals surface area contributed by atoms with Crippen molar-refractivity contribution in [3.63, 3.8) is 0 Å². The van der Waals surface area contributed by atoms with Crippen LogP contribution in [0.5, 0.6) is 0 Å². The molecule has 5 N–H and O–H groups in total. The van der Waals surface area contributed by atoms with Crippen LogP contribution in [0, 0.1) is 11.8 Å². The SMILES string of the molecule is CC(C)C(NC(=O)C(Cc1ccccc1)NC(=O)c1cc(C(=O)NC(Cc2ccccc2)C(=O)NC(C(=O)OC(C)(C)C)C(C)C)[nH]n1)C(=O)OC(C)(C)C. The molecule has 55 heavy (non-hydrogen) atoms. The average molecular weight is 761 g/mol. The maximum atomic E-state index is 13.7. The summed E-state index contributed by atoms with van der Waals surface area (Å²) in [4.78, 5) is 80.4. The molecule has 0 aliphatic carbocycles. The zero-order valence-electron chi connectivity index (χ0n) is 33.4. The molecule has 3 rings (SSSR count). The predicted molar refractivity (Wildman–Crippen MR) is 207 cm³/mol. The van der Waals surface area contributed by atoms with Crippen LogP contribution in [0.4, 0.5) is 0 Å². The Labute approximate surface area is 323 Å². The molecule has 1 aromatic heterocycles. The summed E-state index contributed by atoms with van der Waals surface area (Å²) >= 11 is 0. The van der Waals surface area contributed by atoms with Crippen molar-refractivity contribution in [2.24, 2.45) is 11.8 Å². The van der Waals surface area contributed by atoms with Crippen molar-refractivity contribution >= 4 is 35.6 Å². The minimum atomic E-state index is -1.13. The second-order valence-electron chi connectivity index (χ2n) is 16.1. The van der Waals surface area contributed by atoms with Gasteiger partial charge in [0.1, 0.15) is 41.1 Å². The van der Waals surface area contributed by atoms with E-state index in [-0.39, 0.29) is 36.1 Å². The lowest BCUT2D eigenvalue weighted by Crippen LogP contribution is -2.55. The topological polar surface area (TPSA) is 198 Å². The smallest absolute Gasteiger partial charge is 0.329 e. The van der Waals surface area contributed by atoms with Crippen LogP contribution >= 0.6 is 0 Å². The first-order valence-electron chi connectivity index (χ1n) is 18.4. The summed E-state index contributed by atoms with van der Waals surface area (Å²) < 4.78 is 11.1. The van der Waals surface area contributed by atoms with E-state index in [0.717, 1.165) is 11.1 Å². The maximum absolute atomic E-state index is 13.7. The summed E-state index contributed by atoms with van der Waals surface area (Å²) in [6.07, 6.45) is 0.183. The van der Waals surface area contributed by atoms with Crippen LogP contribution in [0.1, 0.15) is 101 Å². The van der Waals surface area contributed by atoms with Crippen molar-refractivity contribution in [2.75, 3.05) is 0 Å². The Balaban J connectivity index is 1.82. The van der Waals surface area contributed by atoms with Gasteiger partial charge in [0.2, 0.25) is 11.8 Å². The summed E-state index contributed by atoms with van der Waals surface area (Å²) in [5, 5.41) is 17.4. The molecule has 3 aromatic rings. The number of nitrogens with one attached hydrogen (secondary N) is 5. The zero-order valence-corrected chi connectivity index (χ0v) is 33.4. The minimum Gasteiger partial charge on any atom is -0.458 e. The van der Waals surface area contributed by atoms with Gasteiger partial charge in [-0.3, -0.25) is 24.3 Å². The molecule has 14 heteroatoms. The molecular weight excluding hydrogens is 704 g/mol. The summed E-state index contributed by atoms with van der Waals surface area (Å²) in [6, 6.07) is 15.0. The Bertz CT molecular complexity index is 1650. The van der Waals surface area contributed by atoms with Gasteiger partial charge in [-0.05, 0) is 64.5 Å². The van der Waals surface area contributed by atoms with Crippen LogP contribution in [0.2, 0.25) is 0 Å². The van der Waals surface area contributed by atoms with E-state index in [2.05, 4.69) is 31.5 Å². The first-order chi connectivity index (χ1) is 25.6. The lowest BCUT2D eigenvalue weighted by molar-refractivity contribution is -0.160. The number of H-pyrrole nitrogens is 1. The lowest BCUT2D eigenvalue weighted by atomic mass is 10.0. The molecule has 0 bridgehead atoms. The number of aromatic nitrogens is 2. The summed E-state index contributed by atoms with van der Waals surface area (Å²) in [7, 11) is 0. The molecule has 14 nitrogen and oxygen atoms in total. The highest BCUT2D eigenvalue weighted by Crippen LogP contribution is 2.16. The Morgan fingerprint density at radius 3 is 1.35 bits per heavy atom. The fourth-order valence-corrected chi connectivity index (χ4v) is 5.37. The van der Waals surface area contributed by atoms with Gasteiger partial charge >= 0.3 is 11.9 Å². The van der Waals surface area contributed by atoms with E-state index in [9.17, 15) is 28.8 Å². The van der Waals surface area contributed by atoms with Gasteiger partial charge in [-0.2, -0.15) is 5.10 Å². The van der Waals surface area contributed by atoms with Crippen molar-refractivity contribution in [2.45, 2.75) is 117 Å². The predicted octanol–water partition coefficient (Wildman–Crippen LogP) is 4.06. The highest BCUT2D eigenvalue weighted by Gasteiger charge is 2.34. The van der Waals surface area contributed by atoms with Gasteiger partial charge in [0, 0.05) is 18.9 Å². The number of aromatic amines is 1. The third-order valence-corrected chi connectivity index (χ3v) is 8.11. The molecule has 0 saturated heterocycles. The standard InChI is InChI=1S/C41H56N6O8/c1-24(2)32(38(52)54-40(5,6)7)44-34(48)28(21-26-17-13-11-14-18-26)42-36(50)30-23-31(47-46-30)37(51)43-29(22-27-19-15-12-16-20-27)35(49)45-33(25(3)4)39(53)55-41(8,9)10/h11-20,23-25,28-29,32-33H,21-22H2,1-10H3,(H,42,50)(H,43,51)(H,44,48)(H,45,49)(H,46,47). The van der Waals surface area contributed by atoms with E-state index >= 15 is 0 Å². The molecule has 1 heterocycles. The highest BCUT2D eigenvalue weighted by atomic mass is 16.6. The number of carbonyl (C=O) groups is 6. The summed E-state index contributed by atoms with van der Waals surface area (Å²) in [5.74, 6) is -4.57. The monoisotopic (exact) mass is 760 g/mol. The molecule has 298 valence electrons. The van der Waals surface area contributed by atoms with E-state index in [1.165, 1.54) is 6.07 Å². The number of hydrogen-bond acceptors (Lipinski definition) is 9. The van der Waals surface area contributed by atoms with Crippen molar-refractivity contribution in [1.29, 1.82) is 0 Å². The number of nitrogens with zero attached hydrogens (tertiary/aromatic N) is 1. The number of esters is 2. The van der Waals surface area contributed by atoms with Crippen LogP contribution in [0.25, 0.3) is 0 Å². The molecule has 0 spiro atoms. The van der Waals surface area contributed by atoms with E-state index in [1.807, 2.05) is 12.1 Å². The summed E-state index contributed by atoms with van der Waals surface area (Å²) in [6.45, 7) is 17.5. The first kappa shape index (κ1) is 43.9. The number of rotatable bonds is 16. The number of carbonyl (C=O) groups excluding carboxylic acids is 6. The molecule has 4 unspecified atom stereocenters. The molecule has 4 atom stereocenters. The maximum Gasteiger partial charge on any atom is 0.329 e. The molecule has 2 aromatic carbocycles. The quantitative estimate of drug-likeness (QED) is 0.134. The third kappa shape index (κ3) is 14.3. The van der Waals surface area contributed by atoms with Gasteiger partial charge in [0.05, 0.1) is 0 Å². The van der Waals surface area contributed by atoms with Gasteiger partial charge < -0.3 is 30.7 Å². The van der Waals surface area contributed by atoms with Crippen molar-refractivity contribution in [3.8, 4) is 0 Å². The average Bonchev–Trinajstić information content (AvgIpc) is 3.59. The molecule has 0 radical (unpaired) electrons. The second-order valence-corrected chi connectivity index (χ2v) is 16.1. The molecule has 4 amide bonds. The number of ether oxygens (including phenoxy) is 2. The summed E-state index contributed by atoms with van der Waals surface area (Å²) in [5.41, 5.74) is -0.384. The van der Waals surface area contributed by atoms with Gasteiger partial charge in [-0.1, -0.05) is 88.4 Å². The molecular formula is C41H56N6O8. The van der Waals surface area contributed by atoms with Gasteiger partial charge in [0.15, 0.2) is 5.69 Å². The fourth-order valence-electron chi connectivity index (χ4n) is 5.37. The van der Waals surface area contributed by atoms with Crippen LogP contribution in [-0.2, 0) is 41.5 Å². The van der Waals surface area contributed by atoms with Crippen molar-refractivity contribution in [1.82, 2.24) is 31.5 Å². The van der Waals surface area contributed by atoms with E-state index in [1.54, 1.807) is 118 Å². The van der Waals surface area contributed by atoms with Crippen LogP contribution < -0.4 is 21.3 Å². The Kier molecular flexibility index (Phi) is 15.3. The minimum absolute atomic E-state index is 0.0895. The van der Waals surface area contributed by atoms with Crippen LogP contribution in [0.3, 0.4) is 0 Å². The Morgan fingerprint density at radius 1 is 0.600 bits per heavy atom. The third-order valence-electron chi connectivity index (χ3n) is 8.11. The van der Waals surface area contributed by atoms with E-state index < -0.39 is 70.9 Å². The van der Waals surface area contributed by atoms with Crippen molar-refractivity contribution in [3.05, 3.63) is 89.2 Å².